The fourth-order valence-corrected chi connectivity index (χ4v) is 4.46. The van der Waals surface area contributed by atoms with E-state index in [0.717, 1.165) is 23.2 Å². The molecule has 0 aliphatic carbocycles. The predicted molar refractivity (Wildman–Crippen MR) is 131 cm³/mol. The Labute approximate surface area is 185 Å². The number of hydrogen-bond acceptors (Lipinski definition) is 4. The quantitative estimate of drug-likeness (QED) is 0.247. The largest absolute Gasteiger partial charge is 0.351 e. The highest BCUT2D eigenvalue weighted by atomic mass is 32.1. The third kappa shape index (κ3) is 7.85. The molecule has 0 amide bonds. The Morgan fingerprint density at radius 1 is 0.893 bits per heavy atom. The molecule has 1 aliphatic rings. The minimum Gasteiger partial charge on any atom is -0.351 e. The van der Waals surface area contributed by atoms with Crippen LogP contribution in [-0.4, -0.2) is 39.9 Å². The molecule has 0 bridgehead atoms. The summed E-state index contributed by atoms with van der Waals surface area (Å²) in [4.78, 5) is 2.95. The molecule has 0 saturated carbocycles. The van der Waals surface area contributed by atoms with Crippen LogP contribution in [0.4, 0.5) is 0 Å². The molecule has 0 spiro atoms. The lowest BCUT2D eigenvalue weighted by Crippen LogP contribution is -2.59. The van der Waals surface area contributed by atoms with E-state index in [1.165, 1.54) is 51.4 Å². The van der Waals surface area contributed by atoms with Gasteiger partial charge in [0.1, 0.15) is 11.3 Å². The molecular formula is C22H44N4S2. The Morgan fingerprint density at radius 2 is 1.36 bits per heavy atom. The molecular weight excluding hydrogens is 384 g/mol. The monoisotopic (exact) mass is 428 g/mol. The van der Waals surface area contributed by atoms with E-state index in [4.69, 9.17) is 24.4 Å². The van der Waals surface area contributed by atoms with Crippen LogP contribution in [0.1, 0.15) is 92.9 Å². The van der Waals surface area contributed by atoms with Crippen LogP contribution in [0.5, 0.6) is 0 Å². The van der Waals surface area contributed by atoms with E-state index >= 15 is 0 Å². The topological polar surface area (TPSA) is 39.3 Å². The van der Waals surface area contributed by atoms with Crippen LogP contribution in [0, 0.1) is 11.8 Å². The molecule has 0 aromatic rings. The minimum atomic E-state index is -0.271. The highest BCUT2D eigenvalue weighted by molar-refractivity contribution is 7.82. The van der Waals surface area contributed by atoms with Gasteiger partial charge in [-0.2, -0.15) is 0 Å². The predicted octanol–water partition coefficient (Wildman–Crippen LogP) is 5.18. The van der Waals surface area contributed by atoms with Gasteiger partial charge in [-0.3, -0.25) is 15.5 Å². The second-order valence-electron chi connectivity index (χ2n) is 8.78. The van der Waals surface area contributed by atoms with E-state index in [1.807, 2.05) is 0 Å². The Hall–Kier alpha value is -0.300. The summed E-state index contributed by atoms with van der Waals surface area (Å²) >= 11 is 11.4. The maximum Gasteiger partial charge on any atom is 0.177 e. The molecule has 2 unspecified atom stereocenters. The van der Waals surface area contributed by atoms with Crippen LogP contribution in [0.15, 0.2) is 0 Å². The number of rotatable bonds is 15. The van der Waals surface area contributed by atoms with Gasteiger partial charge in [0.25, 0.3) is 0 Å². The lowest BCUT2D eigenvalue weighted by molar-refractivity contribution is 0.255. The van der Waals surface area contributed by atoms with E-state index in [9.17, 15) is 0 Å². The van der Waals surface area contributed by atoms with E-state index < -0.39 is 0 Å². The number of nitrogens with zero attached hydrogens (tertiary/aromatic N) is 1. The second kappa shape index (κ2) is 13.1. The van der Waals surface area contributed by atoms with E-state index in [-0.39, 0.29) is 11.8 Å². The lowest BCUT2D eigenvalue weighted by Gasteiger charge is -2.33. The zero-order chi connectivity index (χ0) is 21.2. The molecule has 1 rings (SSSR count). The molecule has 0 aromatic carbocycles. The summed E-state index contributed by atoms with van der Waals surface area (Å²) in [5.74, 6) is 1.38. The maximum atomic E-state index is 5.78. The van der Waals surface area contributed by atoms with Gasteiger partial charge < -0.3 is 5.32 Å². The third-order valence-corrected chi connectivity index (χ3v) is 6.94. The molecule has 164 valence electrons. The van der Waals surface area contributed by atoms with Crippen molar-refractivity contribution in [3.05, 3.63) is 0 Å². The summed E-state index contributed by atoms with van der Waals surface area (Å²) in [6.45, 7) is 15.3. The normalized spacial score (nSPS) is 19.6. The summed E-state index contributed by atoms with van der Waals surface area (Å²) in [6.07, 6.45) is 10.0. The van der Waals surface area contributed by atoms with Crippen molar-refractivity contribution >= 4 is 34.5 Å². The first-order valence-corrected chi connectivity index (χ1v) is 12.2. The number of unbranched alkanes of at least 4 members (excludes halogenated alkanes) is 2. The van der Waals surface area contributed by atoms with Gasteiger partial charge in [0.05, 0.1) is 5.54 Å². The van der Waals surface area contributed by atoms with Gasteiger partial charge in [-0.1, -0.05) is 78.4 Å². The van der Waals surface area contributed by atoms with Crippen molar-refractivity contribution in [2.75, 3.05) is 13.1 Å². The molecule has 1 saturated heterocycles. The molecule has 0 radical (unpaired) electrons. The highest BCUT2D eigenvalue weighted by Crippen LogP contribution is 2.21. The average Bonchev–Trinajstić information content (AvgIpc) is 2.87. The van der Waals surface area contributed by atoms with Crippen LogP contribution < -0.4 is 16.0 Å². The van der Waals surface area contributed by atoms with Gasteiger partial charge in [0.15, 0.2) is 5.11 Å². The van der Waals surface area contributed by atoms with Gasteiger partial charge in [0.2, 0.25) is 0 Å². The standard InChI is InChI=1S/C22H44N4S2/c1-7-11-13-17(9-3)15-23-20(24-16-18(10-4)14-12-8-2)26-19(27)22(5,6)25-21(26)28/h17-18,20,23-24H,7-16H2,1-6H3,(H,25,28). The molecule has 1 aliphatic heterocycles. The van der Waals surface area contributed by atoms with Crippen molar-refractivity contribution in [1.82, 2.24) is 20.9 Å². The van der Waals surface area contributed by atoms with Crippen molar-refractivity contribution < 1.29 is 0 Å². The first-order chi connectivity index (χ1) is 13.3. The highest BCUT2D eigenvalue weighted by Gasteiger charge is 2.41. The van der Waals surface area contributed by atoms with Crippen molar-refractivity contribution in [1.29, 1.82) is 0 Å². The van der Waals surface area contributed by atoms with E-state index in [1.54, 1.807) is 0 Å². The molecule has 2 atom stereocenters. The molecule has 4 nitrogen and oxygen atoms in total. The van der Waals surface area contributed by atoms with E-state index in [0.29, 0.717) is 11.8 Å². The molecule has 3 N–H and O–H groups in total. The summed E-state index contributed by atoms with van der Waals surface area (Å²) in [5.41, 5.74) is -0.271. The first kappa shape index (κ1) is 25.7. The van der Waals surface area contributed by atoms with Gasteiger partial charge in [-0.15, -0.1) is 0 Å². The van der Waals surface area contributed by atoms with E-state index in [2.05, 4.69) is 62.4 Å². The fourth-order valence-electron chi connectivity index (χ4n) is 3.71. The summed E-state index contributed by atoms with van der Waals surface area (Å²) in [5, 5.41) is 11.6. The van der Waals surface area contributed by atoms with Crippen molar-refractivity contribution in [2.45, 2.75) is 105 Å². The Kier molecular flexibility index (Phi) is 12.0. The Bertz CT molecular complexity index is 461. The Morgan fingerprint density at radius 3 is 1.68 bits per heavy atom. The summed E-state index contributed by atoms with van der Waals surface area (Å²) < 4.78 is 0. The van der Waals surface area contributed by atoms with Gasteiger partial charge in [-0.05, 0) is 50.7 Å². The van der Waals surface area contributed by atoms with Gasteiger partial charge in [0, 0.05) is 13.1 Å². The summed E-state index contributed by atoms with van der Waals surface area (Å²) in [7, 11) is 0. The molecule has 1 heterocycles. The lowest BCUT2D eigenvalue weighted by atomic mass is 9.99. The SMILES string of the molecule is CCCCC(CC)CNC(NCC(CC)CCCC)N1C(=S)NC(C)(C)C1=S. The second-order valence-corrected chi connectivity index (χ2v) is 9.56. The number of hydrogen-bond donors (Lipinski definition) is 3. The molecule has 1 fully saturated rings. The zero-order valence-corrected chi connectivity index (χ0v) is 20.7. The summed E-state index contributed by atoms with van der Waals surface area (Å²) in [6, 6.07) is 0. The smallest absolute Gasteiger partial charge is 0.177 e. The molecule has 6 heteroatoms. The van der Waals surface area contributed by atoms with Gasteiger partial charge >= 0.3 is 0 Å². The van der Waals surface area contributed by atoms with Gasteiger partial charge in [-0.25, -0.2) is 0 Å². The van der Waals surface area contributed by atoms with Crippen LogP contribution in [0.3, 0.4) is 0 Å². The van der Waals surface area contributed by atoms with Crippen LogP contribution >= 0.6 is 24.4 Å². The number of thiocarbonyl (C=S) groups is 2. The van der Waals surface area contributed by atoms with Crippen LogP contribution in [0.2, 0.25) is 0 Å². The molecule has 0 aromatic heterocycles. The first-order valence-electron chi connectivity index (χ1n) is 11.4. The minimum absolute atomic E-state index is 0.0411. The van der Waals surface area contributed by atoms with Crippen molar-refractivity contribution in [3.8, 4) is 0 Å². The third-order valence-electron chi connectivity index (χ3n) is 5.94. The molecule has 28 heavy (non-hydrogen) atoms. The van der Waals surface area contributed by atoms with Crippen molar-refractivity contribution in [3.63, 3.8) is 0 Å². The average molecular weight is 429 g/mol. The Balaban J connectivity index is 2.81. The van der Waals surface area contributed by atoms with Crippen molar-refractivity contribution in [2.24, 2.45) is 11.8 Å². The fraction of sp³-hybridized carbons (Fsp3) is 0.909. The van der Waals surface area contributed by atoms with Crippen LogP contribution in [0.25, 0.3) is 0 Å². The maximum absolute atomic E-state index is 5.78. The zero-order valence-electron chi connectivity index (χ0n) is 19.1. The number of nitrogens with one attached hydrogen (secondary N) is 3. The van der Waals surface area contributed by atoms with Crippen LogP contribution in [-0.2, 0) is 0 Å².